The molecule has 0 saturated carbocycles. The van der Waals surface area contributed by atoms with Crippen molar-refractivity contribution in [2.75, 3.05) is 33.2 Å². The molecule has 1 unspecified atom stereocenters. The van der Waals surface area contributed by atoms with Crippen LogP contribution in [0.1, 0.15) is 40.5 Å². The van der Waals surface area contributed by atoms with Crippen molar-refractivity contribution in [3.8, 4) is 11.1 Å². The van der Waals surface area contributed by atoms with Crippen molar-refractivity contribution in [2.24, 2.45) is 0 Å². The number of nitrogens with zero attached hydrogens (tertiary/aromatic N) is 4. The van der Waals surface area contributed by atoms with E-state index in [1.165, 1.54) is 10.9 Å². The highest BCUT2D eigenvalue weighted by Gasteiger charge is 2.29. The maximum Gasteiger partial charge on any atom is 0.256 e. The highest BCUT2D eigenvalue weighted by atomic mass is 16.2. The van der Waals surface area contributed by atoms with Crippen molar-refractivity contribution >= 4 is 16.7 Å². The van der Waals surface area contributed by atoms with Gasteiger partial charge in [-0.25, -0.2) is 4.98 Å². The van der Waals surface area contributed by atoms with Gasteiger partial charge in [-0.15, -0.1) is 0 Å². The average Bonchev–Trinajstić information content (AvgIpc) is 3.65. The van der Waals surface area contributed by atoms with Gasteiger partial charge in [-0.1, -0.05) is 79.7 Å². The Labute approximate surface area is 223 Å². The Morgan fingerprint density at radius 1 is 0.868 bits per heavy atom. The third kappa shape index (κ3) is 4.52. The lowest BCUT2D eigenvalue weighted by Gasteiger charge is -2.32. The molecule has 1 saturated heterocycles. The SMILES string of the molecule is C[C@@H](c1ccccc1)C(c1cnc[nH]1)n1cc(C(=O)N2CCN(C)CC2)c(-c2cccc3ccccc23)c1. The first-order valence-electron chi connectivity index (χ1n) is 13.3. The van der Waals surface area contributed by atoms with E-state index in [2.05, 4.69) is 113 Å². The Hall–Kier alpha value is -4.16. The fraction of sp³-hybridized carbons (Fsp3) is 0.250. The summed E-state index contributed by atoms with van der Waals surface area (Å²) in [4.78, 5) is 26.0. The van der Waals surface area contributed by atoms with Crippen molar-refractivity contribution < 1.29 is 4.79 Å². The van der Waals surface area contributed by atoms with E-state index >= 15 is 0 Å². The number of carbonyl (C=O) groups excluding carboxylic acids is 1. The molecule has 5 aromatic rings. The average molecular weight is 504 g/mol. The summed E-state index contributed by atoms with van der Waals surface area (Å²) in [6.07, 6.45) is 7.84. The van der Waals surface area contributed by atoms with Crippen LogP contribution in [0.5, 0.6) is 0 Å². The van der Waals surface area contributed by atoms with Gasteiger partial charge in [-0.05, 0) is 28.9 Å². The summed E-state index contributed by atoms with van der Waals surface area (Å²) in [6.45, 7) is 5.48. The predicted octanol–water partition coefficient (Wildman–Crippen LogP) is 5.81. The molecule has 1 aliphatic heterocycles. The Bertz CT molecular complexity index is 1530. The molecule has 0 aliphatic carbocycles. The van der Waals surface area contributed by atoms with Gasteiger partial charge in [0.15, 0.2) is 0 Å². The molecule has 2 aromatic heterocycles. The van der Waals surface area contributed by atoms with E-state index in [9.17, 15) is 4.79 Å². The number of likely N-dealkylation sites (N-methyl/N-ethyl adjacent to an activating group) is 1. The third-order valence-electron chi connectivity index (χ3n) is 7.91. The van der Waals surface area contributed by atoms with Crippen molar-refractivity contribution in [2.45, 2.75) is 18.9 Å². The number of carbonyl (C=O) groups is 1. The molecule has 1 amide bonds. The molecule has 1 N–H and O–H groups in total. The topological polar surface area (TPSA) is 57.2 Å². The standard InChI is InChI=1S/C32H33N5O/c1-23(24-9-4-3-5-10-24)31(30-19-33-22-34-30)37-20-28(27-14-8-12-25-11-6-7-13-26(25)27)29(21-37)32(38)36-17-15-35(2)16-18-36/h3-14,19-23,31H,15-18H2,1-2H3,(H,33,34)/t23-,31?/m0/s1. The van der Waals surface area contributed by atoms with Crippen LogP contribution in [-0.2, 0) is 0 Å². The van der Waals surface area contributed by atoms with Crippen LogP contribution in [0, 0.1) is 0 Å². The molecule has 2 atom stereocenters. The van der Waals surface area contributed by atoms with Crippen LogP contribution in [-0.4, -0.2) is 63.5 Å². The quantitative estimate of drug-likeness (QED) is 0.318. The van der Waals surface area contributed by atoms with Gasteiger partial charge in [0.05, 0.1) is 29.8 Å². The van der Waals surface area contributed by atoms with E-state index in [0.29, 0.717) is 0 Å². The molecule has 38 heavy (non-hydrogen) atoms. The van der Waals surface area contributed by atoms with Crippen LogP contribution >= 0.6 is 0 Å². The summed E-state index contributed by atoms with van der Waals surface area (Å²) in [6, 6.07) is 25.2. The molecule has 6 nitrogen and oxygen atoms in total. The fourth-order valence-electron chi connectivity index (χ4n) is 5.72. The van der Waals surface area contributed by atoms with Gasteiger partial charge in [0.1, 0.15) is 0 Å². The minimum Gasteiger partial charge on any atom is -0.347 e. The van der Waals surface area contributed by atoms with Crippen LogP contribution in [0.3, 0.4) is 0 Å². The monoisotopic (exact) mass is 503 g/mol. The lowest BCUT2D eigenvalue weighted by atomic mass is 9.91. The number of amides is 1. The fourth-order valence-corrected chi connectivity index (χ4v) is 5.72. The zero-order chi connectivity index (χ0) is 26.1. The lowest BCUT2D eigenvalue weighted by Crippen LogP contribution is -2.47. The van der Waals surface area contributed by atoms with E-state index in [0.717, 1.165) is 53.9 Å². The van der Waals surface area contributed by atoms with E-state index in [-0.39, 0.29) is 17.9 Å². The van der Waals surface area contributed by atoms with E-state index in [4.69, 9.17) is 0 Å². The van der Waals surface area contributed by atoms with Crippen LogP contribution in [0.25, 0.3) is 21.9 Å². The molecule has 1 fully saturated rings. The molecule has 0 bridgehead atoms. The Kier molecular flexibility index (Phi) is 6.56. The molecular formula is C32H33N5O. The second-order valence-corrected chi connectivity index (χ2v) is 10.3. The zero-order valence-electron chi connectivity index (χ0n) is 21.9. The van der Waals surface area contributed by atoms with Crippen molar-refractivity contribution in [3.05, 3.63) is 115 Å². The second-order valence-electron chi connectivity index (χ2n) is 10.3. The number of benzene rings is 3. The highest BCUT2D eigenvalue weighted by molar-refractivity contribution is 6.06. The van der Waals surface area contributed by atoms with Crippen molar-refractivity contribution in [1.29, 1.82) is 0 Å². The van der Waals surface area contributed by atoms with Gasteiger partial charge in [-0.2, -0.15) is 0 Å². The van der Waals surface area contributed by atoms with E-state index < -0.39 is 0 Å². The number of hydrogen-bond acceptors (Lipinski definition) is 3. The number of aromatic nitrogens is 3. The molecule has 0 radical (unpaired) electrons. The van der Waals surface area contributed by atoms with Gasteiger partial charge in [0.25, 0.3) is 5.91 Å². The first kappa shape index (κ1) is 24.2. The van der Waals surface area contributed by atoms with E-state index in [1.54, 1.807) is 6.33 Å². The summed E-state index contributed by atoms with van der Waals surface area (Å²) in [7, 11) is 2.11. The maximum atomic E-state index is 14.1. The number of hydrogen-bond donors (Lipinski definition) is 1. The predicted molar refractivity (Wildman–Crippen MR) is 152 cm³/mol. The first-order chi connectivity index (χ1) is 18.6. The zero-order valence-corrected chi connectivity index (χ0v) is 21.9. The molecule has 3 heterocycles. The maximum absolute atomic E-state index is 14.1. The molecule has 6 rings (SSSR count). The van der Waals surface area contributed by atoms with Gasteiger partial charge in [0, 0.05) is 50.1 Å². The number of rotatable bonds is 6. The summed E-state index contributed by atoms with van der Waals surface area (Å²) < 4.78 is 2.21. The molecule has 0 spiro atoms. The number of fused-ring (bicyclic) bond motifs is 1. The number of imidazole rings is 1. The summed E-state index contributed by atoms with van der Waals surface area (Å²) >= 11 is 0. The second kappa shape index (κ2) is 10.3. The van der Waals surface area contributed by atoms with Gasteiger partial charge in [-0.3, -0.25) is 4.79 Å². The van der Waals surface area contributed by atoms with Gasteiger partial charge >= 0.3 is 0 Å². The number of piperazine rings is 1. The summed E-state index contributed by atoms with van der Waals surface area (Å²) in [5.74, 6) is 0.242. The minimum absolute atomic E-state index is 0.0531. The Morgan fingerprint density at radius 3 is 2.37 bits per heavy atom. The highest BCUT2D eigenvalue weighted by Crippen LogP contribution is 2.38. The summed E-state index contributed by atoms with van der Waals surface area (Å²) in [5, 5.41) is 2.31. The van der Waals surface area contributed by atoms with Crippen LogP contribution < -0.4 is 0 Å². The normalized spacial score (nSPS) is 16.0. The molecule has 6 heteroatoms. The third-order valence-corrected chi connectivity index (χ3v) is 7.91. The number of aromatic amines is 1. The first-order valence-corrected chi connectivity index (χ1v) is 13.3. The Morgan fingerprint density at radius 2 is 1.61 bits per heavy atom. The van der Waals surface area contributed by atoms with Crippen molar-refractivity contribution in [1.82, 2.24) is 24.3 Å². The van der Waals surface area contributed by atoms with E-state index in [1.807, 2.05) is 17.2 Å². The largest absolute Gasteiger partial charge is 0.347 e. The smallest absolute Gasteiger partial charge is 0.256 e. The molecular weight excluding hydrogens is 470 g/mol. The van der Waals surface area contributed by atoms with Crippen LogP contribution in [0.2, 0.25) is 0 Å². The summed E-state index contributed by atoms with van der Waals surface area (Å²) in [5.41, 5.74) is 5.04. The Balaban J connectivity index is 1.51. The number of nitrogens with one attached hydrogen (secondary N) is 1. The molecule has 192 valence electrons. The van der Waals surface area contributed by atoms with Crippen LogP contribution in [0.4, 0.5) is 0 Å². The minimum atomic E-state index is -0.0531. The van der Waals surface area contributed by atoms with Gasteiger partial charge in [0.2, 0.25) is 0 Å². The lowest BCUT2D eigenvalue weighted by molar-refractivity contribution is 0.0664. The molecule has 3 aromatic carbocycles. The van der Waals surface area contributed by atoms with Crippen molar-refractivity contribution in [3.63, 3.8) is 0 Å². The molecule has 1 aliphatic rings. The number of H-pyrrole nitrogens is 1. The van der Waals surface area contributed by atoms with Crippen LogP contribution in [0.15, 0.2) is 97.7 Å². The van der Waals surface area contributed by atoms with Gasteiger partial charge < -0.3 is 19.4 Å².